The van der Waals surface area contributed by atoms with E-state index in [9.17, 15) is 0 Å². The normalized spacial score (nSPS) is 10.2. The van der Waals surface area contributed by atoms with E-state index in [0.29, 0.717) is 0 Å². The van der Waals surface area contributed by atoms with Crippen LogP contribution in [0.2, 0.25) is 5.02 Å². The summed E-state index contributed by atoms with van der Waals surface area (Å²) in [5.74, 6) is 0. The zero-order chi connectivity index (χ0) is 12.3. The van der Waals surface area contributed by atoms with Gasteiger partial charge in [-0.25, -0.2) is 4.98 Å². The Bertz CT molecular complexity index is 552. The van der Waals surface area contributed by atoms with Crippen molar-refractivity contribution in [1.29, 1.82) is 5.26 Å². The van der Waals surface area contributed by atoms with Crippen molar-refractivity contribution < 1.29 is 0 Å². The minimum atomic E-state index is 0.719. The summed E-state index contributed by atoms with van der Waals surface area (Å²) in [4.78, 5) is 5.10. The van der Waals surface area contributed by atoms with Crippen molar-refractivity contribution in [1.82, 2.24) is 4.98 Å². The molecule has 0 saturated heterocycles. The summed E-state index contributed by atoms with van der Waals surface area (Å²) >= 11 is 7.31. The molecule has 0 saturated carbocycles. The molecule has 1 aromatic carbocycles. The second-order valence-electron chi connectivity index (χ2n) is 3.76. The lowest BCUT2D eigenvalue weighted by Crippen LogP contribution is -1.90. The molecule has 0 bridgehead atoms. The van der Waals surface area contributed by atoms with Gasteiger partial charge in [-0.3, -0.25) is 0 Å². The van der Waals surface area contributed by atoms with Crippen LogP contribution in [0.5, 0.6) is 0 Å². The summed E-state index contributed by atoms with van der Waals surface area (Å²) in [7, 11) is 0. The summed E-state index contributed by atoms with van der Waals surface area (Å²) < 4.78 is 0. The number of aryl methyl sites for hydroxylation is 3. The van der Waals surface area contributed by atoms with E-state index in [1.54, 1.807) is 0 Å². The minimum Gasteiger partial charge on any atom is -0.245 e. The second kappa shape index (κ2) is 5.31. The van der Waals surface area contributed by atoms with Crippen molar-refractivity contribution in [3.8, 4) is 6.07 Å². The summed E-state index contributed by atoms with van der Waals surface area (Å²) in [6.07, 6.45) is 1.80. The van der Waals surface area contributed by atoms with Crippen LogP contribution in [0.3, 0.4) is 0 Å². The Morgan fingerprint density at radius 2 is 2.00 bits per heavy atom. The first kappa shape index (κ1) is 12.1. The third-order valence-electron chi connectivity index (χ3n) is 2.48. The Kier molecular flexibility index (Phi) is 3.78. The molecule has 0 fully saturated rings. The molecule has 2 aromatic rings. The van der Waals surface area contributed by atoms with Gasteiger partial charge in [0.2, 0.25) is 0 Å². The Morgan fingerprint density at radius 1 is 1.29 bits per heavy atom. The van der Waals surface area contributed by atoms with Crippen molar-refractivity contribution in [2.24, 2.45) is 0 Å². The van der Waals surface area contributed by atoms with Gasteiger partial charge in [-0.15, -0.1) is 11.3 Å². The van der Waals surface area contributed by atoms with Gasteiger partial charge in [0.05, 0.1) is 10.7 Å². The van der Waals surface area contributed by atoms with E-state index in [1.807, 2.05) is 31.2 Å². The lowest BCUT2D eigenvalue weighted by Gasteiger charge is -1.98. The molecule has 1 heterocycles. The number of thiazole rings is 1. The molecule has 0 atom stereocenters. The molecule has 0 aliphatic carbocycles. The van der Waals surface area contributed by atoms with Crippen LogP contribution in [-0.2, 0) is 12.8 Å². The van der Waals surface area contributed by atoms with Crippen LogP contribution < -0.4 is 0 Å². The van der Waals surface area contributed by atoms with Gasteiger partial charge < -0.3 is 0 Å². The largest absolute Gasteiger partial charge is 0.245 e. The van der Waals surface area contributed by atoms with Crippen molar-refractivity contribution in [2.45, 2.75) is 19.8 Å². The van der Waals surface area contributed by atoms with Gasteiger partial charge in [0.25, 0.3) is 0 Å². The first-order valence-corrected chi connectivity index (χ1v) is 6.49. The number of rotatable bonds is 3. The monoisotopic (exact) mass is 262 g/mol. The standard InChI is InChI=1S/C13H11ClN2S/c1-9-12(8-15)17-13(16-9)7-4-10-2-5-11(14)6-3-10/h2-3,5-6H,4,7H2,1H3. The molecule has 0 aliphatic heterocycles. The molecule has 86 valence electrons. The first-order valence-electron chi connectivity index (χ1n) is 5.30. The number of benzene rings is 1. The number of nitriles is 1. The van der Waals surface area contributed by atoms with Crippen LogP contribution in [-0.4, -0.2) is 4.98 Å². The van der Waals surface area contributed by atoms with Crippen molar-refractivity contribution in [3.05, 3.63) is 50.4 Å². The molecule has 2 rings (SSSR count). The van der Waals surface area contributed by atoms with Crippen molar-refractivity contribution in [2.75, 3.05) is 0 Å². The van der Waals surface area contributed by atoms with Crippen LogP contribution in [0, 0.1) is 18.3 Å². The number of aromatic nitrogens is 1. The second-order valence-corrected chi connectivity index (χ2v) is 5.28. The molecule has 4 heteroatoms. The quantitative estimate of drug-likeness (QED) is 0.844. The lowest BCUT2D eigenvalue weighted by molar-refractivity contribution is 0.936. The van der Waals surface area contributed by atoms with Gasteiger partial charge in [-0.2, -0.15) is 5.26 Å². The molecular formula is C13H11ClN2S. The molecule has 2 nitrogen and oxygen atoms in total. The van der Waals surface area contributed by atoms with Gasteiger partial charge in [0, 0.05) is 11.4 Å². The summed E-state index contributed by atoms with van der Waals surface area (Å²) in [5.41, 5.74) is 2.07. The smallest absolute Gasteiger partial charge is 0.127 e. The Morgan fingerprint density at radius 3 is 2.59 bits per heavy atom. The molecule has 0 N–H and O–H groups in total. The highest BCUT2D eigenvalue weighted by Crippen LogP contribution is 2.19. The fraction of sp³-hybridized carbons (Fsp3) is 0.231. The highest BCUT2D eigenvalue weighted by atomic mass is 35.5. The molecular weight excluding hydrogens is 252 g/mol. The van der Waals surface area contributed by atoms with Crippen molar-refractivity contribution >= 4 is 22.9 Å². The van der Waals surface area contributed by atoms with Gasteiger partial charge in [0.15, 0.2) is 0 Å². The molecule has 1 aromatic heterocycles. The highest BCUT2D eigenvalue weighted by molar-refractivity contribution is 7.12. The Labute approximate surface area is 110 Å². The van der Waals surface area contributed by atoms with E-state index in [1.165, 1.54) is 16.9 Å². The highest BCUT2D eigenvalue weighted by Gasteiger charge is 2.06. The maximum atomic E-state index is 8.85. The zero-order valence-electron chi connectivity index (χ0n) is 9.40. The van der Waals surface area contributed by atoms with E-state index >= 15 is 0 Å². The average molecular weight is 263 g/mol. The maximum Gasteiger partial charge on any atom is 0.127 e. The fourth-order valence-corrected chi connectivity index (χ4v) is 2.55. The molecule has 17 heavy (non-hydrogen) atoms. The zero-order valence-corrected chi connectivity index (χ0v) is 11.0. The maximum absolute atomic E-state index is 8.85. The van der Waals surface area contributed by atoms with E-state index in [0.717, 1.165) is 33.4 Å². The molecule has 0 spiro atoms. The van der Waals surface area contributed by atoms with Crippen LogP contribution >= 0.6 is 22.9 Å². The van der Waals surface area contributed by atoms with Gasteiger partial charge in [-0.05, 0) is 31.0 Å². The third-order valence-corrected chi connectivity index (χ3v) is 3.86. The first-order chi connectivity index (χ1) is 8.19. The number of nitrogens with zero attached hydrogens (tertiary/aromatic N) is 2. The minimum absolute atomic E-state index is 0.719. The fourth-order valence-electron chi connectivity index (χ4n) is 1.57. The average Bonchev–Trinajstić information content (AvgIpc) is 2.69. The van der Waals surface area contributed by atoms with Crippen LogP contribution in [0.15, 0.2) is 24.3 Å². The number of hydrogen-bond donors (Lipinski definition) is 0. The predicted molar refractivity (Wildman–Crippen MR) is 70.4 cm³/mol. The van der Waals surface area contributed by atoms with Crippen LogP contribution in [0.4, 0.5) is 0 Å². The van der Waals surface area contributed by atoms with Crippen LogP contribution in [0.1, 0.15) is 21.1 Å². The SMILES string of the molecule is Cc1nc(CCc2ccc(Cl)cc2)sc1C#N. The number of hydrogen-bond acceptors (Lipinski definition) is 3. The third kappa shape index (κ3) is 3.06. The number of halogens is 1. The molecule has 0 unspecified atom stereocenters. The summed E-state index contributed by atoms with van der Waals surface area (Å²) in [6.45, 7) is 1.88. The van der Waals surface area contributed by atoms with Gasteiger partial charge >= 0.3 is 0 Å². The van der Waals surface area contributed by atoms with E-state index in [2.05, 4.69) is 11.1 Å². The van der Waals surface area contributed by atoms with E-state index in [4.69, 9.17) is 16.9 Å². The van der Waals surface area contributed by atoms with Crippen LogP contribution in [0.25, 0.3) is 0 Å². The van der Waals surface area contributed by atoms with Gasteiger partial charge in [0.1, 0.15) is 10.9 Å². The van der Waals surface area contributed by atoms with Crippen molar-refractivity contribution in [3.63, 3.8) is 0 Å². The lowest BCUT2D eigenvalue weighted by atomic mass is 10.1. The predicted octanol–water partition coefficient (Wildman–Crippen LogP) is 3.76. The summed E-state index contributed by atoms with van der Waals surface area (Å²) in [6, 6.07) is 9.99. The Hall–Kier alpha value is -1.37. The molecule has 0 radical (unpaired) electrons. The van der Waals surface area contributed by atoms with E-state index < -0.39 is 0 Å². The topological polar surface area (TPSA) is 36.7 Å². The van der Waals surface area contributed by atoms with E-state index in [-0.39, 0.29) is 0 Å². The molecule has 0 amide bonds. The summed E-state index contributed by atoms with van der Waals surface area (Å²) in [5, 5.41) is 10.6. The molecule has 0 aliphatic rings. The Balaban J connectivity index is 2.02. The van der Waals surface area contributed by atoms with Gasteiger partial charge in [-0.1, -0.05) is 23.7 Å².